The molecule has 7 rings (SSSR count). The van der Waals surface area contributed by atoms with Gasteiger partial charge in [-0.1, -0.05) is 137 Å². The number of allylic oxidation sites excluding steroid dienone is 2. The molecule has 2 aliphatic rings. The van der Waals surface area contributed by atoms with E-state index in [4.69, 9.17) is 0 Å². The van der Waals surface area contributed by atoms with Gasteiger partial charge in [-0.25, -0.2) is 0 Å². The Labute approximate surface area is 381 Å². The van der Waals surface area contributed by atoms with E-state index in [2.05, 4.69) is 155 Å². The number of fused-ring (bicyclic) bond motifs is 4. The Kier molecular flexibility index (Phi) is 15.6. The Hall–Kier alpha value is -3.11. The molecule has 0 amide bonds. The molecule has 0 aliphatic heterocycles. The Balaban J connectivity index is 0.000000292. The third-order valence-electron chi connectivity index (χ3n) is 14.2. The summed E-state index contributed by atoms with van der Waals surface area (Å²) in [7, 11) is 4.46. The molecule has 2 fully saturated rings. The van der Waals surface area contributed by atoms with Crippen molar-refractivity contribution in [3.63, 3.8) is 0 Å². The van der Waals surface area contributed by atoms with E-state index in [9.17, 15) is 9.90 Å². The van der Waals surface area contributed by atoms with Crippen LogP contribution < -0.4 is 4.57 Å². The van der Waals surface area contributed by atoms with E-state index in [1.54, 1.807) is 5.56 Å². The molecule has 1 N–H and O–H groups in total. The van der Waals surface area contributed by atoms with Gasteiger partial charge in [-0.2, -0.15) is 12.5 Å². The van der Waals surface area contributed by atoms with E-state index in [1.807, 2.05) is 11.3 Å². The number of hydrogen-bond donors (Lipinski definition) is 1. The number of rotatable bonds is 9. The van der Waals surface area contributed by atoms with Gasteiger partial charge in [0, 0.05) is 54.5 Å². The maximum atomic E-state index is 12.3. The molecule has 3 nitrogen and oxygen atoms in total. The molecular weight excluding hydrogens is 931 g/mol. The van der Waals surface area contributed by atoms with Crippen molar-refractivity contribution in [2.24, 2.45) is 40.9 Å². The summed E-state index contributed by atoms with van der Waals surface area (Å²) in [6, 6.07) is 20.7. The van der Waals surface area contributed by atoms with Crippen LogP contribution in [-0.2, 0) is 30.3 Å². The molecule has 1 radical (unpaired) electrons. The number of carbonyl (C=O) groups is 1. The summed E-state index contributed by atoms with van der Waals surface area (Å²) in [4.78, 5) is 12.3. The molecule has 60 heavy (non-hydrogen) atoms. The van der Waals surface area contributed by atoms with Gasteiger partial charge in [0.15, 0.2) is 5.78 Å². The molecule has 0 saturated heterocycles. The van der Waals surface area contributed by atoms with Crippen molar-refractivity contribution in [3.05, 3.63) is 103 Å². The monoisotopic (exact) mass is 1010 g/mol. The topological polar surface area (TPSA) is 41.2 Å². The van der Waals surface area contributed by atoms with Crippen molar-refractivity contribution in [2.45, 2.75) is 145 Å². The number of benzene rings is 3. The molecule has 1 spiro atoms. The van der Waals surface area contributed by atoms with Crippen molar-refractivity contribution >= 4 is 48.1 Å². The zero-order valence-electron chi connectivity index (χ0n) is 38.7. The first-order valence-electron chi connectivity index (χ1n) is 22.9. The fourth-order valence-electron chi connectivity index (χ4n) is 11.2. The van der Waals surface area contributed by atoms with Crippen LogP contribution in [0.25, 0.3) is 42.2 Å². The molecule has 2 saturated carbocycles. The van der Waals surface area contributed by atoms with E-state index in [1.165, 1.54) is 112 Å². The summed E-state index contributed by atoms with van der Waals surface area (Å²) >= 11 is 1.94. The fourth-order valence-corrected chi connectivity index (χ4v) is 12.5. The van der Waals surface area contributed by atoms with E-state index in [0.29, 0.717) is 35.0 Å². The van der Waals surface area contributed by atoms with E-state index in [-0.39, 0.29) is 48.9 Å². The smallest absolute Gasteiger partial charge is 0.162 e. The minimum absolute atomic E-state index is 0. The van der Waals surface area contributed by atoms with Gasteiger partial charge in [0.05, 0.1) is 17.6 Å². The van der Waals surface area contributed by atoms with Crippen molar-refractivity contribution in [1.82, 2.24) is 0 Å². The zero-order valence-corrected chi connectivity index (χ0v) is 41.9. The number of aromatic nitrogens is 1. The second kappa shape index (κ2) is 19.5. The quantitative estimate of drug-likeness (QED) is 0.0692. The molecule has 3 aromatic carbocycles. The van der Waals surface area contributed by atoms with Crippen molar-refractivity contribution in [1.29, 1.82) is 0 Å². The molecule has 5 aromatic rings. The first kappa shape index (κ1) is 47.9. The van der Waals surface area contributed by atoms with Crippen LogP contribution in [-0.4, -0.2) is 10.9 Å². The number of carbonyl (C=O) groups excluding carboxylic acids is 1. The molecule has 2 heterocycles. The number of ketones is 1. The summed E-state index contributed by atoms with van der Waals surface area (Å²) in [5.41, 5.74) is 7.06. The number of aliphatic hydroxyl groups is 1. The predicted octanol–water partition coefficient (Wildman–Crippen LogP) is 15.7. The van der Waals surface area contributed by atoms with Crippen molar-refractivity contribution in [2.75, 3.05) is 0 Å². The molecule has 0 unspecified atom stereocenters. The maximum absolute atomic E-state index is 12.3. The minimum Gasteiger partial charge on any atom is -0.512 e. The van der Waals surface area contributed by atoms with Crippen LogP contribution in [0.15, 0.2) is 72.6 Å². The van der Waals surface area contributed by atoms with E-state index >= 15 is 0 Å². The number of aliphatic hydroxyl groups excluding tert-OH is 1. The largest absolute Gasteiger partial charge is 0.512 e. The van der Waals surface area contributed by atoms with E-state index < -0.39 is 0 Å². The average Bonchev–Trinajstić information content (AvgIpc) is 3.53. The van der Waals surface area contributed by atoms with Gasteiger partial charge in [0.2, 0.25) is 0 Å². The molecule has 0 bridgehead atoms. The number of thiophene rings is 1. The van der Waals surface area contributed by atoms with E-state index in [0.717, 1.165) is 5.56 Å². The van der Waals surface area contributed by atoms with Gasteiger partial charge >= 0.3 is 0 Å². The molecular formula is C55H74IrNO2S-. The van der Waals surface area contributed by atoms with Gasteiger partial charge < -0.3 is 9.67 Å². The molecule has 5 heteroatoms. The van der Waals surface area contributed by atoms with Crippen LogP contribution in [0, 0.1) is 54.9 Å². The van der Waals surface area contributed by atoms with Gasteiger partial charge in [0.25, 0.3) is 0 Å². The summed E-state index contributed by atoms with van der Waals surface area (Å²) < 4.78 is 4.78. The Morgan fingerprint density at radius 2 is 1.37 bits per heavy atom. The number of hydrogen-bond acceptors (Lipinski definition) is 3. The van der Waals surface area contributed by atoms with Crippen molar-refractivity contribution in [3.8, 4) is 11.3 Å². The van der Waals surface area contributed by atoms with Crippen LogP contribution in [0.2, 0.25) is 0 Å². The summed E-state index contributed by atoms with van der Waals surface area (Å²) in [5.74, 6) is 2.34. The Bertz CT molecular complexity index is 2270. The van der Waals surface area contributed by atoms with Gasteiger partial charge in [-0.3, -0.25) is 4.79 Å². The fraction of sp³-hybridized carbons (Fsp3) is 0.527. The summed E-state index contributed by atoms with van der Waals surface area (Å²) in [5, 5.41) is 15.5. The first-order chi connectivity index (χ1) is 27.8. The Morgan fingerprint density at radius 3 is 1.93 bits per heavy atom. The van der Waals surface area contributed by atoms with Crippen LogP contribution in [0.1, 0.15) is 157 Å². The van der Waals surface area contributed by atoms with Crippen LogP contribution in [0.5, 0.6) is 0 Å². The first-order valence-corrected chi connectivity index (χ1v) is 23.7. The molecule has 0 atom stereocenters. The third-order valence-corrected chi connectivity index (χ3v) is 15.3. The van der Waals surface area contributed by atoms with Gasteiger partial charge in [-0.05, 0) is 107 Å². The molecule has 2 aliphatic carbocycles. The third kappa shape index (κ3) is 10.1. The molecule has 327 valence electrons. The second-order valence-corrected chi connectivity index (χ2v) is 21.9. The molecule has 2 aromatic heterocycles. The zero-order chi connectivity index (χ0) is 43.0. The number of nitrogens with zero attached hydrogens (tertiary/aromatic N) is 1. The average molecular weight is 1010 g/mol. The van der Waals surface area contributed by atoms with Crippen LogP contribution in [0.4, 0.5) is 0 Å². The summed E-state index contributed by atoms with van der Waals surface area (Å²) in [6.45, 7) is 28.1. The summed E-state index contributed by atoms with van der Waals surface area (Å²) in [6.07, 6.45) is 16.5. The second-order valence-electron chi connectivity index (χ2n) is 20.8. The van der Waals surface area contributed by atoms with Crippen LogP contribution in [0.3, 0.4) is 0 Å². The normalized spacial score (nSPS) is 16.5. The minimum atomic E-state index is -0.0119. The van der Waals surface area contributed by atoms with Crippen molar-refractivity contribution < 1.29 is 34.6 Å². The maximum Gasteiger partial charge on any atom is 0.162 e. The van der Waals surface area contributed by atoms with Gasteiger partial charge in [0.1, 0.15) is 0 Å². The standard InChI is InChI=1S/C38H42NS.C17H32O2.Ir/c1-25-28-11-7-8-12-29(28)33(37(2,3)4)24-32(25)35-36-31(17-22-39(35)5)30-14-13-27(23-34(30)40-36)26-15-20-38(21-16-26)18-9-6-10-19-38;1-10(2)16(11(3)4)14(18)9-15(19)17(12(5)6)13(7)8;/h7-8,11-14,17,22-24,26H,1,5-6,9-10,15-16,18-21H2,2-4H3;9-13,16-18H,1-8H3;/q-1;;/b;14-9-;. The SMILES string of the molecule is CC(C)C(C(=O)/C=C(\O)C(C(C)C)C(C)C)C(C)C.[CH2-]c1c(-c2c3sc4cc(C5CCC6(CCCCC6)CC5)ccc4c3cc[n+]2[CH2-])cc(C(C)(C)C)c2ccccc12.[Ir]. The van der Waals surface area contributed by atoms with Gasteiger partial charge in [-0.15, -0.1) is 34.4 Å². The Morgan fingerprint density at radius 1 is 0.783 bits per heavy atom. The van der Waals surface area contributed by atoms with Crippen LogP contribution >= 0.6 is 11.3 Å². The predicted molar refractivity (Wildman–Crippen MR) is 255 cm³/mol. The number of pyridine rings is 1.